The first kappa shape index (κ1) is 19.2. The first-order valence-electron chi connectivity index (χ1n) is 11.0. The fourth-order valence-corrected chi connectivity index (χ4v) is 5.95. The van der Waals surface area contributed by atoms with Crippen molar-refractivity contribution >= 4 is 5.97 Å². The van der Waals surface area contributed by atoms with Crippen LogP contribution in [0.5, 0.6) is 0 Å². The Morgan fingerprint density at radius 2 is 1.14 bits per heavy atom. The molecule has 0 radical (unpaired) electrons. The highest BCUT2D eigenvalue weighted by molar-refractivity contribution is 5.66. The van der Waals surface area contributed by atoms with E-state index < -0.39 is 29.9 Å². The predicted octanol–water partition coefficient (Wildman–Crippen LogP) is 2.84. The Balaban J connectivity index is 1.47. The fraction of sp³-hybridized carbons (Fsp3) is 0.952. The number of fused-ring (bicyclic) bond motifs is 3. The van der Waals surface area contributed by atoms with Gasteiger partial charge in [0.1, 0.15) is 30.5 Å². The van der Waals surface area contributed by atoms with Gasteiger partial charge in [0.2, 0.25) is 0 Å². The second-order valence-electron chi connectivity index (χ2n) is 9.05. The molecule has 0 aromatic heterocycles. The molecule has 158 valence electrons. The standard InChI is InChI=1S/C21H32O7/c1-13(22)24-15-14(23-2)16-18(27-20(25-16)9-5-3-6-10-20)19-17(15)26-21(28-19)11-7-4-8-12-21/h14-19H,3-12H2,1-2H3/t14-,15+,16+,17-,18-,19-/m1/s1. The number of ether oxygens (including phenoxy) is 6. The normalized spacial score (nSPS) is 43.6. The molecule has 3 aliphatic carbocycles. The van der Waals surface area contributed by atoms with Crippen LogP contribution in [-0.4, -0.2) is 61.3 Å². The van der Waals surface area contributed by atoms with Crippen molar-refractivity contribution in [1.82, 2.24) is 0 Å². The first-order valence-corrected chi connectivity index (χ1v) is 11.0. The summed E-state index contributed by atoms with van der Waals surface area (Å²) in [6.45, 7) is 1.43. The number of hydrogen-bond acceptors (Lipinski definition) is 7. The van der Waals surface area contributed by atoms with Gasteiger partial charge in [-0.25, -0.2) is 0 Å². The van der Waals surface area contributed by atoms with E-state index in [-0.39, 0.29) is 24.3 Å². The largest absolute Gasteiger partial charge is 0.457 e. The quantitative estimate of drug-likeness (QED) is 0.665. The summed E-state index contributed by atoms with van der Waals surface area (Å²) in [5.74, 6) is -1.50. The first-order chi connectivity index (χ1) is 13.5. The molecule has 0 amide bonds. The average molecular weight is 396 g/mol. The summed E-state index contributed by atoms with van der Waals surface area (Å²) in [4.78, 5) is 11.9. The third-order valence-corrected chi connectivity index (χ3v) is 7.15. The summed E-state index contributed by atoms with van der Waals surface area (Å²) in [6.07, 6.45) is 8.01. The van der Waals surface area contributed by atoms with Gasteiger partial charge in [0.05, 0.1) is 0 Å². The van der Waals surface area contributed by atoms with E-state index in [0.717, 1.165) is 51.4 Å². The molecule has 5 aliphatic rings. The molecule has 0 N–H and O–H groups in total. The topological polar surface area (TPSA) is 72.5 Å². The van der Waals surface area contributed by atoms with Crippen LogP contribution in [0, 0.1) is 0 Å². The number of carbonyl (C=O) groups excluding carboxylic acids is 1. The number of carbonyl (C=O) groups is 1. The van der Waals surface area contributed by atoms with Crippen molar-refractivity contribution < 1.29 is 33.2 Å². The molecular formula is C21H32O7. The molecule has 0 bridgehead atoms. The molecule has 5 rings (SSSR count). The lowest BCUT2D eigenvalue weighted by molar-refractivity contribution is -0.228. The lowest BCUT2D eigenvalue weighted by Gasteiger charge is -2.41. The molecule has 0 aromatic rings. The minimum atomic E-state index is -0.592. The zero-order valence-electron chi connectivity index (χ0n) is 16.9. The average Bonchev–Trinajstić information content (AvgIpc) is 3.22. The van der Waals surface area contributed by atoms with Gasteiger partial charge in [-0.05, 0) is 25.7 Å². The molecular weight excluding hydrogens is 364 g/mol. The minimum absolute atomic E-state index is 0.263. The van der Waals surface area contributed by atoms with Gasteiger partial charge in [-0.3, -0.25) is 4.79 Å². The van der Waals surface area contributed by atoms with Gasteiger partial charge in [-0.15, -0.1) is 0 Å². The van der Waals surface area contributed by atoms with Crippen LogP contribution in [0.2, 0.25) is 0 Å². The van der Waals surface area contributed by atoms with Crippen molar-refractivity contribution in [2.75, 3.05) is 7.11 Å². The van der Waals surface area contributed by atoms with Crippen molar-refractivity contribution in [2.45, 2.75) is 119 Å². The highest BCUT2D eigenvalue weighted by Gasteiger charge is 2.67. The summed E-state index contributed by atoms with van der Waals surface area (Å²) < 4.78 is 37.7. The Labute approximate surface area is 166 Å². The number of esters is 1. The van der Waals surface area contributed by atoms with Crippen LogP contribution in [0.3, 0.4) is 0 Å². The molecule has 0 unspecified atom stereocenters. The van der Waals surface area contributed by atoms with Gasteiger partial charge in [0.15, 0.2) is 17.7 Å². The van der Waals surface area contributed by atoms with Crippen LogP contribution in [0.4, 0.5) is 0 Å². The van der Waals surface area contributed by atoms with Crippen molar-refractivity contribution in [3.8, 4) is 0 Å². The summed E-state index contributed by atoms with van der Waals surface area (Å²) in [5, 5.41) is 0. The van der Waals surface area contributed by atoms with E-state index in [1.54, 1.807) is 7.11 Å². The highest BCUT2D eigenvalue weighted by atomic mass is 16.8. The molecule has 28 heavy (non-hydrogen) atoms. The second-order valence-corrected chi connectivity index (χ2v) is 9.05. The lowest BCUT2D eigenvalue weighted by atomic mass is 9.84. The van der Waals surface area contributed by atoms with Crippen LogP contribution < -0.4 is 0 Å². The molecule has 2 spiro atoms. The molecule has 7 nitrogen and oxygen atoms in total. The van der Waals surface area contributed by atoms with E-state index in [1.165, 1.54) is 19.8 Å². The van der Waals surface area contributed by atoms with Crippen molar-refractivity contribution in [2.24, 2.45) is 0 Å². The Bertz CT molecular complexity index is 596. The van der Waals surface area contributed by atoms with Crippen molar-refractivity contribution in [3.63, 3.8) is 0 Å². The molecule has 3 saturated carbocycles. The Morgan fingerprint density at radius 1 is 0.714 bits per heavy atom. The summed E-state index contributed by atoms with van der Waals surface area (Å²) in [6, 6.07) is 0. The Kier molecular flexibility index (Phi) is 4.95. The minimum Gasteiger partial charge on any atom is -0.457 e. The third kappa shape index (κ3) is 3.10. The third-order valence-electron chi connectivity index (χ3n) is 7.15. The molecule has 0 aromatic carbocycles. The molecule has 2 saturated heterocycles. The number of hydrogen-bond donors (Lipinski definition) is 0. The maximum absolute atomic E-state index is 11.9. The monoisotopic (exact) mass is 396 g/mol. The smallest absolute Gasteiger partial charge is 0.303 e. The zero-order chi connectivity index (χ0) is 19.4. The predicted molar refractivity (Wildman–Crippen MR) is 97.5 cm³/mol. The van der Waals surface area contributed by atoms with Crippen molar-refractivity contribution in [3.05, 3.63) is 0 Å². The van der Waals surface area contributed by atoms with Gasteiger partial charge in [0.25, 0.3) is 0 Å². The molecule has 6 atom stereocenters. The van der Waals surface area contributed by atoms with Gasteiger partial charge >= 0.3 is 5.97 Å². The van der Waals surface area contributed by atoms with Crippen LogP contribution in [0.25, 0.3) is 0 Å². The maximum Gasteiger partial charge on any atom is 0.303 e. The van der Waals surface area contributed by atoms with Crippen LogP contribution >= 0.6 is 0 Å². The summed E-state index contributed by atoms with van der Waals surface area (Å²) in [5.41, 5.74) is 0. The SMILES string of the molecule is CO[C@@H]1[C@H](OC(C)=O)[C@H]2OC3(CCCCC3)O[C@H]2[C@@H]2OC3(CCCCC3)O[C@@H]12. The lowest BCUT2D eigenvalue weighted by Crippen LogP contribution is -2.63. The molecule has 7 heteroatoms. The van der Waals surface area contributed by atoms with E-state index in [1.807, 2.05) is 0 Å². The second kappa shape index (κ2) is 7.20. The summed E-state index contributed by atoms with van der Waals surface area (Å²) >= 11 is 0. The van der Waals surface area contributed by atoms with Gasteiger partial charge in [0, 0.05) is 39.7 Å². The van der Waals surface area contributed by atoms with E-state index in [4.69, 9.17) is 28.4 Å². The van der Waals surface area contributed by atoms with Gasteiger partial charge in [-0.1, -0.05) is 12.8 Å². The molecule has 2 heterocycles. The van der Waals surface area contributed by atoms with E-state index >= 15 is 0 Å². The maximum atomic E-state index is 11.9. The van der Waals surface area contributed by atoms with Crippen LogP contribution in [-0.2, 0) is 33.2 Å². The Hall–Kier alpha value is -0.730. The van der Waals surface area contributed by atoms with Gasteiger partial charge in [-0.2, -0.15) is 0 Å². The van der Waals surface area contributed by atoms with Crippen molar-refractivity contribution in [1.29, 1.82) is 0 Å². The van der Waals surface area contributed by atoms with Gasteiger partial charge < -0.3 is 28.4 Å². The van der Waals surface area contributed by atoms with Crippen LogP contribution in [0.15, 0.2) is 0 Å². The van der Waals surface area contributed by atoms with E-state index in [2.05, 4.69) is 0 Å². The Morgan fingerprint density at radius 3 is 1.57 bits per heavy atom. The van der Waals surface area contributed by atoms with Crippen LogP contribution in [0.1, 0.15) is 71.1 Å². The fourth-order valence-electron chi connectivity index (χ4n) is 5.95. The van der Waals surface area contributed by atoms with E-state index in [0.29, 0.717) is 0 Å². The molecule has 2 aliphatic heterocycles. The molecule has 5 fully saturated rings. The number of rotatable bonds is 2. The highest BCUT2D eigenvalue weighted by Crippen LogP contribution is 2.52. The van der Waals surface area contributed by atoms with E-state index in [9.17, 15) is 4.79 Å². The summed E-state index contributed by atoms with van der Waals surface area (Å²) in [7, 11) is 1.64. The number of methoxy groups -OCH3 is 1. The zero-order valence-corrected chi connectivity index (χ0v) is 16.9.